The van der Waals surface area contributed by atoms with E-state index in [0.717, 1.165) is 0 Å². The molecule has 0 aliphatic carbocycles. The summed E-state index contributed by atoms with van der Waals surface area (Å²) in [5, 5.41) is 0.614. The van der Waals surface area contributed by atoms with Gasteiger partial charge >= 0.3 is 0 Å². The van der Waals surface area contributed by atoms with Gasteiger partial charge in [-0.05, 0) is 18.2 Å². The van der Waals surface area contributed by atoms with E-state index < -0.39 is 0 Å². The van der Waals surface area contributed by atoms with Gasteiger partial charge in [0.1, 0.15) is 5.82 Å². The van der Waals surface area contributed by atoms with Crippen LogP contribution in [0.25, 0.3) is 0 Å². The maximum atomic E-state index is 13.8. The van der Waals surface area contributed by atoms with E-state index in [2.05, 4.69) is 4.90 Å². The van der Waals surface area contributed by atoms with Crippen LogP contribution in [0.15, 0.2) is 36.4 Å². The van der Waals surface area contributed by atoms with Gasteiger partial charge in [-0.15, -0.1) is 0 Å². The van der Waals surface area contributed by atoms with Crippen molar-refractivity contribution in [3.05, 3.63) is 63.4 Å². The molecule has 1 saturated heterocycles. The number of nitrogens with zero attached hydrogens (tertiary/aromatic N) is 2. The van der Waals surface area contributed by atoms with Crippen LogP contribution in [0.1, 0.15) is 15.9 Å². The number of carbonyl (C=O) groups is 1. The Balaban J connectivity index is 1.63. The number of benzene rings is 2. The third kappa shape index (κ3) is 4.11. The Bertz CT molecular complexity index is 785. The maximum Gasteiger partial charge on any atom is 0.254 e. The van der Waals surface area contributed by atoms with Crippen LogP contribution in [0.3, 0.4) is 0 Å². The fourth-order valence-electron chi connectivity index (χ4n) is 3.04. The molecule has 0 spiro atoms. The minimum Gasteiger partial charge on any atom is -0.494 e. The number of halogens is 3. The van der Waals surface area contributed by atoms with Crippen LogP contribution in [0.2, 0.25) is 10.0 Å². The van der Waals surface area contributed by atoms with E-state index in [4.69, 9.17) is 27.9 Å². The molecule has 26 heavy (non-hydrogen) atoms. The van der Waals surface area contributed by atoms with Crippen LogP contribution in [0, 0.1) is 5.82 Å². The van der Waals surface area contributed by atoms with Crippen molar-refractivity contribution in [2.75, 3.05) is 33.3 Å². The minimum absolute atomic E-state index is 0.123. The lowest BCUT2D eigenvalue weighted by Gasteiger charge is -2.35. The zero-order valence-electron chi connectivity index (χ0n) is 14.3. The first-order valence-electron chi connectivity index (χ1n) is 8.27. The lowest BCUT2D eigenvalue weighted by atomic mass is 10.1. The topological polar surface area (TPSA) is 32.8 Å². The summed E-state index contributed by atoms with van der Waals surface area (Å²) >= 11 is 12.2. The minimum atomic E-state index is -0.200. The second-order valence-corrected chi connectivity index (χ2v) is 6.95. The van der Waals surface area contributed by atoms with E-state index in [1.54, 1.807) is 29.2 Å². The summed E-state index contributed by atoms with van der Waals surface area (Å²) < 4.78 is 18.9. The Hall–Kier alpha value is -1.82. The number of hydrogen-bond acceptors (Lipinski definition) is 3. The van der Waals surface area contributed by atoms with Crippen LogP contribution in [0.4, 0.5) is 4.39 Å². The molecule has 1 aliphatic heterocycles. The Morgan fingerprint density at radius 1 is 1.12 bits per heavy atom. The number of methoxy groups -OCH3 is 1. The van der Waals surface area contributed by atoms with E-state index in [-0.39, 0.29) is 11.7 Å². The number of ether oxygens (including phenoxy) is 1. The lowest BCUT2D eigenvalue weighted by molar-refractivity contribution is 0.0627. The average molecular weight is 397 g/mol. The Labute approximate surface area is 162 Å². The number of rotatable bonds is 4. The predicted molar refractivity (Wildman–Crippen MR) is 101 cm³/mol. The Kier molecular flexibility index (Phi) is 6.01. The van der Waals surface area contributed by atoms with Gasteiger partial charge in [-0.1, -0.05) is 41.4 Å². The molecule has 7 heteroatoms. The molecular formula is C19H19Cl2FN2O2. The molecule has 0 saturated carbocycles. The highest BCUT2D eigenvalue weighted by Gasteiger charge is 2.24. The van der Waals surface area contributed by atoms with E-state index >= 15 is 0 Å². The van der Waals surface area contributed by atoms with Crippen molar-refractivity contribution in [2.45, 2.75) is 6.54 Å². The molecule has 0 atom stereocenters. The average Bonchev–Trinajstić information content (AvgIpc) is 2.63. The van der Waals surface area contributed by atoms with Gasteiger partial charge in [0.25, 0.3) is 5.91 Å². The first-order valence-corrected chi connectivity index (χ1v) is 9.03. The Morgan fingerprint density at radius 2 is 1.73 bits per heavy atom. The number of amides is 1. The molecule has 1 heterocycles. The zero-order valence-corrected chi connectivity index (χ0v) is 15.9. The normalized spacial score (nSPS) is 15.2. The first kappa shape index (κ1) is 19.0. The van der Waals surface area contributed by atoms with E-state index in [0.29, 0.717) is 59.6 Å². The number of hydrogen-bond donors (Lipinski definition) is 0. The van der Waals surface area contributed by atoms with Crippen molar-refractivity contribution in [1.82, 2.24) is 9.80 Å². The van der Waals surface area contributed by atoms with Gasteiger partial charge in [0, 0.05) is 43.9 Å². The second kappa shape index (κ2) is 8.25. The molecule has 0 radical (unpaired) electrons. The van der Waals surface area contributed by atoms with Gasteiger partial charge in [-0.3, -0.25) is 9.69 Å². The lowest BCUT2D eigenvalue weighted by Crippen LogP contribution is -2.48. The van der Waals surface area contributed by atoms with Crippen LogP contribution in [0.5, 0.6) is 5.75 Å². The third-order valence-electron chi connectivity index (χ3n) is 4.46. The van der Waals surface area contributed by atoms with Gasteiger partial charge in [-0.2, -0.15) is 0 Å². The summed E-state index contributed by atoms with van der Waals surface area (Å²) in [5.41, 5.74) is 1.10. The first-order chi connectivity index (χ1) is 12.5. The summed E-state index contributed by atoms with van der Waals surface area (Å²) in [6.45, 7) is 3.02. The fourth-order valence-corrected chi connectivity index (χ4v) is 3.68. The van der Waals surface area contributed by atoms with Crippen molar-refractivity contribution >= 4 is 29.1 Å². The van der Waals surface area contributed by atoms with Crippen molar-refractivity contribution in [3.8, 4) is 5.75 Å². The molecule has 2 aromatic carbocycles. The van der Waals surface area contributed by atoms with Gasteiger partial charge in [0.2, 0.25) is 0 Å². The van der Waals surface area contributed by atoms with E-state index in [9.17, 15) is 9.18 Å². The van der Waals surface area contributed by atoms with E-state index in [1.807, 2.05) is 6.07 Å². The summed E-state index contributed by atoms with van der Waals surface area (Å²) in [6, 6.07) is 9.90. The number of piperazine rings is 1. The molecule has 1 aliphatic rings. The predicted octanol–water partition coefficient (Wildman–Crippen LogP) is 4.10. The molecule has 138 valence electrons. The largest absolute Gasteiger partial charge is 0.494 e. The fraction of sp³-hybridized carbons (Fsp3) is 0.316. The van der Waals surface area contributed by atoms with Gasteiger partial charge in [-0.25, -0.2) is 4.39 Å². The molecule has 1 amide bonds. The van der Waals surface area contributed by atoms with Gasteiger partial charge in [0.15, 0.2) is 5.75 Å². The smallest absolute Gasteiger partial charge is 0.254 e. The molecule has 0 N–H and O–H groups in total. The van der Waals surface area contributed by atoms with Crippen molar-refractivity contribution < 1.29 is 13.9 Å². The van der Waals surface area contributed by atoms with Crippen molar-refractivity contribution in [1.29, 1.82) is 0 Å². The summed E-state index contributed by atoms with van der Waals surface area (Å²) in [7, 11) is 1.48. The van der Waals surface area contributed by atoms with Crippen LogP contribution in [-0.2, 0) is 6.54 Å². The summed E-state index contributed by atoms with van der Waals surface area (Å²) in [6.07, 6.45) is 0. The Morgan fingerprint density at radius 3 is 2.31 bits per heavy atom. The van der Waals surface area contributed by atoms with E-state index in [1.165, 1.54) is 13.2 Å². The SMILES string of the molecule is COc1c(Cl)cc(C(=O)N2CCN(Cc3ccccc3F)CC2)cc1Cl. The molecule has 0 unspecified atom stereocenters. The molecule has 1 fully saturated rings. The highest BCUT2D eigenvalue weighted by atomic mass is 35.5. The third-order valence-corrected chi connectivity index (χ3v) is 5.02. The molecule has 0 bridgehead atoms. The zero-order chi connectivity index (χ0) is 18.7. The van der Waals surface area contributed by atoms with Crippen LogP contribution >= 0.6 is 23.2 Å². The quantitative estimate of drug-likeness (QED) is 0.779. The van der Waals surface area contributed by atoms with Crippen molar-refractivity contribution in [2.24, 2.45) is 0 Å². The summed E-state index contributed by atoms with van der Waals surface area (Å²) in [4.78, 5) is 16.6. The second-order valence-electron chi connectivity index (χ2n) is 6.13. The standard InChI is InChI=1S/C19H19Cl2FN2O2/c1-26-18-15(20)10-14(11-16(18)21)19(25)24-8-6-23(7-9-24)12-13-4-2-3-5-17(13)22/h2-5,10-11H,6-9,12H2,1H3. The van der Waals surface area contributed by atoms with Crippen LogP contribution < -0.4 is 4.74 Å². The summed E-state index contributed by atoms with van der Waals surface area (Å²) in [5.74, 6) is 0.0371. The number of carbonyl (C=O) groups excluding carboxylic acids is 1. The maximum absolute atomic E-state index is 13.8. The molecule has 3 rings (SSSR count). The molecule has 2 aromatic rings. The molecular weight excluding hydrogens is 378 g/mol. The van der Waals surface area contributed by atoms with Gasteiger partial charge < -0.3 is 9.64 Å². The molecule has 0 aromatic heterocycles. The highest BCUT2D eigenvalue weighted by molar-refractivity contribution is 6.37. The van der Waals surface area contributed by atoms with Gasteiger partial charge in [0.05, 0.1) is 17.2 Å². The monoisotopic (exact) mass is 396 g/mol. The van der Waals surface area contributed by atoms with Crippen LogP contribution in [-0.4, -0.2) is 49.0 Å². The molecule has 4 nitrogen and oxygen atoms in total. The van der Waals surface area contributed by atoms with Crippen molar-refractivity contribution in [3.63, 3.8) is 0 Å². The highest BCUT2D eigenvalue weighted by Crippen LogP contribution is 2.34.